The number of nitrogens with zero attached hydrogens (tertiary/aromatic N) is 2. The van der Waals surface area contributed by atoms with E-state index in [2.05, 4.69) is 69.5 Å². The number of thiophene rings is 2. The number of unbranched alkanes of at least 4 members (excludes halogenated alkanes) is 16. The average molecular weight is 1110 g/mol. The monoisotopic (exact) mass is 1110 g/mol. The van der Waals surface area contributed by atoms with Crippen molar-refractivity contribution in [2.24, 2.45) is 11.8 Å². The maximum atomic E-state index is 6.91. The molecular formula is C50H86N2O2S4Sn2. The van der Waals surface area contributed by atoms with Crippen LogP contribution in [-0.2, 0) is 0 Å². The third kappa shape index (κ3) is 18.2. The molecule has 10 heteroatoms. The first-order valence-electron chi connectivity index (χ1n) is 24.7. The minimum atomic E-state index is -2.36. The Hall–Kier alpha value is 0.117. The number of rotatable bonds is 34. The minimum absolute atomic E-state index is 0.628. The van der Waals surface area contributed by atoms with E-state index in [0.29, 0.717) is 11.8 Å². The molecule has 0 aliphatic heterocycles. The standard InChI is InChI=1S/C44H68N2O2S4.6CH3.2Sn/c1-5-9-13-17-19-23-27-35(25-21-15-11-7-3)33-47-37-29-31-49-39(37)41-45-43-44(51-41)46-42(52-43)40-38(30-32-50-40)48-34-36(26-22-16-12-8-4)28-24-20-18-14-10-6-2;;;;;;;;/h29-30,35-36H,5-28,33-34H2,1-4H3;6*1H3;;. The van der Waals surface area contributed by atoms with Gasteiger partial charge in [-0.05, 0) is 0 Å². The molecule has 340 valence electrons. The zero-order valence-electron chi connectivity index (χ0n) is 40.0. The van der Waals surface area contributed by atoms with E-state index in [1.54, 1.807) is 28.5 Å². The molecule has 0 aliphatic rings. The van der Waals surface area contributed by atoms with Crippen molar-refractivity contribution in [1.29, 1.82) is 0 Å². The predicted octanol–water partition coefficient (Wildman–Crippen LogP) is 17.7. The van der Waals surface area contributed by atoms with Gasteiger partial charge in [0.1, 0.15) is 0 Å². The van der Waals surface area contributed by atoms with Gasteiger partial charge in [0.05, 0.1) is 0 Å². The van der Waals surface area contributed by atoms with Crippen molar-refractivity contribution < 1.29 is 9.47 Å². The molecule has 4 heterocycles. The first-order valence-corrected chi connectivity index (χ1v) is 47.9. The molecule has 4 rings (SSSR count). The summed E-state index contributed by atoms with van der Waals surface area (Å²) in [4.78, 5) is 30.4. The summed E-state index contributed by atoms with van der Waals surface area (Å²) in [7, 11) is 0. The van der Waals surface area contributed by atoms with E-state index in [1.165, 1.54) is 164 Å². The Morgan fingerprint density at radius 2 is 0.733 bits per heavy atom. The number of thiazole rings is 2. The molecule has 0 N–H and O–H groups in total. The predicted molar refractivity (Wildman–Crippen MR) is 279 cm³/mol. The van der Waals surface area contributed by atoms with Crippen LogP contribution in [0, 0.1) is 11.8 Å². The number of hydrogen-bond acceptors (Lipinski definition) is 8. The molecule has 0 bridgehead atoms. The van der Waals surface area contributed by atoms with Gasteiger partial charge in [0.15, 0.2) is 0 Å². The van der Waals surface area contributed by atoms with Gasteiger partial charge in [-0.1, -0.05) is 26.7 Å². The fourth-order valence-electron chi connectivity index (χ4n) is 8.02. The van der Waals surface area contributed by atoms with Gasteiger partial charge in [-0.15, -0.1) is 0 Å². The van der Waals surface area contributed by atoms with E-state index in [0.717, 1.165) is 44.4 Å². The van der Waals surface area contributed by atoms with E-state index in [1.807, 2.05) is 22.7 Å². The summed E-state index contributed by atoms with van der Waals surface area (Å²) >= 11 is 2.74. The Bertz CT molecular complexity index is 1590. The summed E-state index contributed by atoms with van der Waals surface area (Å²) in [6.45, 7) is 10.9. The zero-order chi connectivity index (χ0) is 43.4. The van der Waals surface area contributed by atoms with Crippen molar-refractivity contribution in [2.75, 3.05) is 13.2 Å². The number of fused-ring (bicyclic) bond motifs is 1. The van der Waals surface area contributed by atoms with Gasteiger partial charge in [-0.3, -0.25) is 0 Å². The molecule has 0 radical (unpaired) electrons. The first kappa shape index (κ1) is 52.7. The van der Waals surface area contributed by atoms with E-state index in [9.17, 15) is 0 Å². The van der Waals surface area contributed by atoms with Crippen molar-refractivity contribution in [2.45, 2.75) is 211 Å². The molecule has 2 unspecified atom stereocenters. The Labute approximate surface area is 393 Å². The number of ether oxygens (including phenoxy) is 2. The SMILES string of the molecule is CCCCCCCCC(CCCCCC)COc1c[c]([Sn]([CH3])([CH3])[CH3])sc1-c1nc2sc(-c3s[c]([Sn]([CH3])([CH3])[CH3])cc3OCC(CCCCCC)CCCCCCCC)nc2s1. The van der Waals surface area contributed by atoms with Crippen LogP contribution in [0.25, 0.3) is 29.4 Å². The molecule has 0 amide bonds. The second-order valence-electron chi connectivity index (χ2n) is 19.9. The molecule has 0 saturated heterocycles. The van der Waals surface area contributed by atoms with E-state index in [4.69, 9.17) is 19.4 Å². The van der Waals surface area contributed by atoms with Crippen LogP contribution in [0.2, 0.25) is 29.6 Å². The number of hydrogen-bond donors (Lipinski definition) is 0. The summed E-state index contributed by atoms with van der Waals surface area (Å²) in [5.74, 6) is 3.41. The zero-order valence-corrected chi connectivity index (χ0v) is 49.0. The van der Waals surface area contributed by atoms with Crippen LogP contribution >= 0.6 is 45.3 Å². The van der Waals surface area contributed by atoms with E-state index in [-0.39, 0.29) is 0 Å². The van der Waals surface area contributed by atoms with Crippen molar-refractivity contribution in [3.05, 3.63) is 12.1 Å². The molecule has 0 aromatic carbocycles. The van der Waals surface area contributed by atoms with E-state index >= 15 is 0 Å². The van der Waals surface area contributed by atoms with Crippen LogP contribution in [0.1, 0.15) is 182 Å². The molecule has 0 fully saturated rings. The third-order valence-corrected chi connectivity index (χ3v) is 35.5. The second-order valence-corrected chi connectivity index (χ2v) is 54.8. The van der Waals surface area contributed by atoms with Crippen LogP contribution in [0.4, 0.5) is 0 Å². The van der Waals surface area contributed by atoms with Gasteiger partial charge in [-0.25, -0.2) is 0 Å². The van der Waals surface area contributed by atoms with Crippen LogP contribution in [0.3, 0.4) is 0 Å². The molecule has 4 aromatic rings. The third-order valence-electron chi connectivity index (χ3n) is 12.1. The number of aromatic nitrogens is 2. The molecule has 0 saturated carbocycles. The Balaban J connectivity index is 1.54. The Morgan fingerprint density at radius 3 is 1.05 bits per heavy atom. The molecule has 0 spiro atoms. The van der Waals surface area contributed by atoms with Gasteiger partial charge < -0.3 is 0 Å². The van der Waals surface area contributed by atoms with Gasteiger partial charge in [0.2, 0.25) is 0 Å². The Kier molecular flexibility index (Phi) is 24.8. The quantitative estimate of drug-likeness (QED) is 0.0345. The topological polar surface area (TPSA) is 44.2 Å². The van der Waals surface area contributed by atoms with Crippen LogP contribution in [0.15, 0.2) is 12.1 Å². The van der Waals surface area contributed by atoms with E-state index < -0.39 is 36.8 Å². The van der Waals surface area contributed by atoms with Crippen molar-refractivity contribution in [1.82, 2.24) is 9.97 Å². The van der Waals surface area contributed by atoms with Crippen LogP contribution < -0.4 is 15.3 Å². The second kappa shape index (κ2) is 28.2. The van der Waals surface area contributed by atoms with Gasteiger partial charge in [0, 0.05) is 0 Å². The van der Waals surface area contributed by atoms with Crippen molar-refractivity contribution in [3.8, 4) is 31.3 Å². The normalized spacial score (nSPS) is 13.4. The van der Waals surface area contributed by atoms with Gasteiger partial charge in [-0.2, -0.15) is 0 Å². The Morgan fingerprint density at radius 1 is 0.433 bits per heavy atom. The maximum absolute atomic E-state index is 6.91. The summed E-state index contributed by atoms with van der Waals surface area (Å²) < 4.78 is 17.0. The molecule has 4 nitrogen and oxygen atoms in total. The van der Waals surface area contributed by atoms with Crippen molar-refractivity contribution in [3.63, 3.8) is 0 Å². The van der Waals surface area contributed by atoms with Gasteiger partial charge in [0.25, 0.3) is 0 Å². The fraction of sp³-hybridized carbons (Fsp3) is 0.760. The summed E-state index contributed by atoms with van der Waals surface area (Å²) in [6, 6.07) is 4.84. The molecule has 2 atom stereocenters. The molecular weight excluding hydrogens is 1030 g/mol. The first-order chi connectivity index (χ1) is 28.9. The van der Waals surface area contributed by atoms with Crippen LogP contribution in [0.5, 0.6) is 11.5 Å². The van der Waals surface area contributed by atoms with Gasteiger partial charge >= 0.3 is 370 Å². The van der Waals surface area contributed by atoms with Crippen LogP contribution in [-0.4, -0.2) is 59.9 Å². The summed E-state index contributed by atoms with van der Waals surface area (Å²) in [6.07, 6.45) is 32.1. The molecule has 60 heavy (non-hydrogen) atoms. The summed E-state index contributed by atoms with van der Waals surface area (Å²) in [5, 5.41) is 2.17. The fourth-order valence-corrected chi connectivity index (χ4v) is 22.8. The summed E-state index contributed by atoms with van der Waals surface area (Å²) in [5.41, 5.74) is 0. The molecule has 0 aliphatic carbocycles. The molecule has 4 aromatic heterocycles. The van der Waals surface area contributed by atoms with Crippen molar-refractivity contribution >= 4 is 97.5 Å². The average Bonchev–Trinajstić information content (AvgIpc) is 4.00.